The van der Waals surface area contributed by atoms with Gasteiger partial charge in [0.2, 0.25) is 5.82 Å². The van der Waals surface area contributed by atoms with Crippen molar-refractivity contribution >= 4 is 5.91 Å². The van der Waals surface area contributed by atoms with Crippen molar-refractivity contribution in [3.8, 4) is 11.1 Å². The van der Waals surface area contributed by atoms with Crippen LogP contribution in [0.3, 0.4) is 0 Å². The highest BCUT2D eigenvalue weighted by molar-refractivity contribution is 5.95. The van der Waals surface area contributed by atoms with Crippen LogP contribution in [0.5, 0.6) is 0 Å². The zero-order chi connectivity index (χ0) is 39.4. The molecule has 6 atom stereocenters. The minimum absolute atomic E-state index is 0.0880. The van der Waals surface area contributed by atoms with Crippen LogP contribution in [0.25, 0.3) is 11.1 Å². The van der Waals surface area contributed by atoms with E-state index < -0.39 is 53.0 Å². The van der Waals surface area contributed by atoms with E-state index in [1.54, 1.807) is 24.3 Å². The first-order chi connectivity index (χ1) is 26.4. The van der Waals surface area contributed by atoms with Gasteiger partial charge >= 0.3 is 0 Å². The van der Waals surface area contributed by atoms with Gasteiger partial charge in [0.05, 0.1) is 24.9 Å². The van der Waals surface area contributed by atoms with Crippen LogP contribution in [-0.2, 0) is 22.6 Å². The van der Waals surface area contributed by atoms with E-state index in [-0.39, 0.29) is 37.3 Å². The van der Waals surface area contributed by atoms with E-state index in [1.807, 2.05) is 92.8 Å². The number of ether oxygens (including phenoxy) is 2. The normalized spacial score (nSPS) is 19.6. The number of aliphatic hydroxyl groups is 2. The maximum absolute atomic E-state index is 14.3. The largest absolute Gasteiger partial charge is 0.392 e. The van der Waals surface area contributed by atoms with Gasteiger partial charge in [0.1, 0.15) is 5.56 Å². The number of aliphatic hydroxyl groups excluding tert-OH is 2. The zero-order valence-corrected chi connectivity index (χ0v) is 30.4. The first kappa shape index (κ1) is 39.7. The summed E-state index contributed by atoms with van der Waals surface area (Å²) in [6, 6.07) is 31.0. The van der Waals surface area contributed by atoms with Gasteiger partial charge in [-0.3, -0.25) is 9.69 Å². The van der Waals surface area contributed by atoms with E-state index in [1.165, 1.54) is 0 Å². The number of amides is 1. The molecule has 1 aliphatic heterocycles. The van der Waals surface area contributed by atoms with Crippen LogP contribution in [0.4, 0.5) is 22.0 Å². The third kappa shape index (κ3) is 8.48. The van der Waals surface area contributed by atoms with Crippen molar-refractivity contribution in [1.29, 1.82) is 0 Å². The fourth-order valence-electron chi connectivity index (χ4n) is 6.79. The summed E-state index contributed by atoms with van der Waals surface area (Å²) in [5.41, 5.74) is 3.54. The van der Waals surface area contributed by atoms with Crippen molar-refractivity contribution in [2.45, 2.75) is 57.6 Å². The van der Waals surface area contributed by atoms with Gasteiger partial charge in [-0.05, 0) is 47.4 Å². The van der Waals surface area contributed by atoms with Crippen molar-refractivity contribution in [1.82, 2.24) is 10.2 Å². The molecular formula is C43H41F5N2O5. The van der Waals surface area contributed by atoms with Gasteiger partial charge in [-0.2, -0.15) is 0 Å². The lowest BCUT2D eigenvalue weighted by atomic mass is 9.89. The van der Waals surface area contributed by atoms with E-state index in [9.17, 15) is 37.0 Å². The van der Waals surface area contributed by atoms with Crippen LogP contribution < -0.4 is 5.32 Å². The number of halogens is 5. The van der Waals surface area contributed by atoms with Crippen LogP contribution in [0.15, 0.2) is 103 Å². The number of likely N-dealkylation sites (N-methyl/N-ethyl adjacent to an activating group) is 1. The Morgan fingerprint density at radius 1 is 0.782 bits per heavy atom. The number of hydrogen-bond donors (Lipinski definition) is 3. The Balaban J connectivity index is 1.22. The Morgan fingerprint density at radius 3 is 2.00 bits per heavy atom. The summed E-state index contributed by atoms with van der Waals surface area (Å²) in [7, 11) is 1.94. The molecule has 5 aromatic rings. The lowest BCUT2D eigenvalue weighted by Gasteiger charge is -2.43. The maximum atomic E-state index is 14.3. The predicted molar refractivity (Wildman–Crippen MR) is 196 cm³/mol. The molecule has 1 amide bonds. The second kappa shape index (κ2) is 17.2. The molecule has 7 nitrogen and oxygen atoms in total. The molecule has 6 rings (SSSR count). The molecule has 12 heteroatoms. The van der Waals surface area contributed by atoms with E-state index in [2.05, 4.69) is 17.1 Å². The Kier molecular flexibility index (Phi) is 12.4. The smallest absolute Gasteiger partial charge is 0.257 e. The van der Waals surface area contributed by atoms with Crippen molar-refractivity contribution < 1.29 is 46.4 Å². The highest BCUT2D eigenvalue weighted by Crippen LogP contribution is 2.42. The maximum Gasteiger partial charge on any atom is 0.257 e. The molecule has 0 bridgehead atoms. The first-order valence-electron chi connectivity index (χ1n) is 17.8. The predicted octanol–water partition coefficient (Wildman–Crippen LogP) is 8.32. The quantitative estimate of drug-likeness (QED) is 0.0674. The average Bonchev–Trinajstić information content (AvgIpc) is 3.22. The minimum atomic E-state index is -2.35. The fourth-order valence-corrected chi connectivity index (χ4v) is 6.79. The van der Waals surface area contributed by atoms with Crippen LogP contribution in [0.2, 0.25) is 0 Å². The van der Waals surface area contributed by atoms with Gasteiger partial charge < -0.3 is 25.0 Å². The number of nitrogens with zero attached hydrogens (tertiary/aromatic N) is 1. The molecule has 1 heterocycles. The number of carbonyl (C=O) groups excluding carboxylic acids is 1. The van der Waals surface area contributed by atoms with E-state index in [4.69, 9.17) is 9.47 Å². The highest BCUT2D eigenvalue weighted by Gasteiger charge is 2.40. The summed E-state index contributed by atoms with van der Waals surface area (Å²) in [6.07, 6.45) is -2.20. The number of benzene rings is 5. The van der Waals surface area contributed by atoms with E-state index >= 15 is 0 Å². The topological polar surface area (TPSA) is 91.3 Å². The number of hydrogen-bond acceptors (Lipinski definition) is 6. The summed E-state index contributed by atoms with van der Waals surface area (Å²) in [5, 5.41) is 23.0. The molecule has 0 unspecified atom stereocenters. The van der Waals surface area contributed by atoms with Gasteiger partial charge in [0, 0.05) is 30.6 Å². The third-order valence-corrected chi connectivity index (χ3v) is 10.3. The number of nitrogens with one attached hydrogen (secondary N) is 1. The van der Waals surface area contributed by atoms with Crippen LogP contribution in [0, 0.1) is 35.0 Å². The van der Waals surface area contributed by atoms with Gasteiger partial charge in [-0.25, -0.2) is 22.0 Å². The molecular weight excluding hydrogens is 719 g/mol. The molecule has 288 valence electrons. The second-order valence-corrected chi connectivity index (χ2v) is 13.8. The minimum Gasteiger partial charge on any atom is -0.392 e. The molecule has 0 aliphatic carbocycles. The number of carbonyl (C=O) groups is 1. The summed E-state index contributed by atoms with van der Waals surface area (Å²) in [4.78, 5) is 14.7. The van der Waals surface area contributed by atoms with Gasteiger partial charge in [-0.15, -0.1) is 0 Å². The van der Waals surface area contributed by atoms with Crippen molar-refractivity contribution in [3.63, 3.8) is 0 Å². The van der Waals surface area contributed by atoms with Crippen molar-refractivity contribution in [2.75, 3.05) is 13.6 Å². The SMILES string of the molecule is C[C@H]1[C@@H](CN(C)[C@@H](C)[C@H](O)c2ccccc2)O[C@@H](c2ccc(-c3ccccc3CNC(=O)c3c(F)c(F)c(F)c(F)c3F)cc2)O[C@H]1c1ccc(CO)cc1. The standard InChI is InChI=1S/C43H41F5N2O5/c1-24-33(22-50(3)25(2)40(52)28-9-5-4-6-10-28)54-43(55-41(24)29-15-13-26(23-51)14-16-29)30-19-17-27(18-20-30)32-12-8-7-11-31(32)21-49-42(53)34-35(44)37(46)39(48)38(47)36(34)45/h4-20,24-25,33,40-41,43,51-52H,21-23H2,1-3H3,(H,49,53)/t24-,25-,33+,40-,41+,43+/m0/s1. The molecule has 3 N–H and O–H groups in total. The Labute approximate surface area is 316 Å². The van der Waals surface area contributed by atoms with Gasteiger partial charge in [0.25, 0.3) is 5.91 Å². The molecule has 0 spiro atoms. The Hall–Kier alpha value is -4.98. The average molecular weight is 761 g/mol. The molecule has 1 fully saturated rings. The van der Waals surface area contributed by atoms with Crippen LogP contribution in [-0.4, -0.2) is 46.8 Å². The lowest BCUT2D eigenvalue weighted by molar-refractivity contribution is -0.276. The fraction of sp³-hybridized carbons (Fsp3) is 0.279. The molecule has 0 aromatic heterocycles. The van der Waals surface area contributed by atoms with Crippen molar-refractivity contribution in [3.05, 3.63) is 166 Å². The summed E-state index contributed by atoms with van der Waals surface area (Å²) in [5.74, 6) is -12.7. The molecule has 0 radical (unpaired) electrons. The first-order valence-corrected chi connectivity index (χ1v) is 17.8. The van der Waals surface area contributed by atoms with E-state index in [0.29, 0.717) is 23.2 Å². The molecule has 5 aromatic carbocycles. The van der Waals surface area contributed by atoms with Crippen LogP contribution >= 0.6 is 0 Å². The molecule has 1 saturated heterocycles. The molecule has 55 heavy (non-hydrogen) atoms. The van der Waals surface area contributed by atoms with Crippen LogP contribution in [0.1, 0.15) is 70.5 Å². The monoisotopic (exact) mass is 760 g/mol. The van der Waals surface area contributed by atoms with Gasteiger partial charge in [-0.1, -0.05) is 110 Å². The summed E-state index contributed by atoms with van der Waals surface area (Å²) in [6.45, 7) is 4.15. The second-order valence-electron chi connectivity index (χ2n) is 13.8. The highest BCUT2D eigenvalue weighted by atomic mass is 19.2. The number of rotatable bonds is 12. The van der Waals surface area contributed by atoms with Gasteiger partial charge in [0.15, 0.2) is 29.6 Å². The third-order valence-electron chi connectivity index (χ3n) is 10.3. The Bertz CT molecular complexity index is 2070. The molecule has 0 saturated carbocycles. The molecule has 1 aliphatic rings. The summed E-state index contributed by atoms with van der Waals surface area (Å²) < 4.78 is 82.8. The van der Waals surface area contributed by atoms with Crippen molar-refractivity contribution in [2.24, 2.45) is 5.92 Å². The summed E-state index contributed by atoms with van der Waals surface area (Å²) >= 11 is 0. The Morgan fingerprint density at radius 2 is 1.36 bits per heavy atom. The lowest BCUT2D eigenvalue weighted by Crippen LogP contribution is -2.46. The zero-order valence-electron chi connectivity index (χ0n) is 30.4. The van der Waals surface area contributed by atoms with E-state index in [0.717, 1.165) is 22.3 Å².